The van der Waals surface area contributed by atoms with E-state index in [0.29, 0.717) is 22.9 Å². The number of anilines is 2. The number of allylic oxidation sites excluding steroid dienone is 1. The number of carbonyl (C=O) groups excluding carboxylic acids is 1. The molecule has 2 aromatic rings. The SMILES string of the molecule is CC(C)(C)OC(=O)c1ccc(/C=C/C2CCCCC2)cc1Nc1ccc(F)cc1. The molecular weight excluding hydrogens is 365 g/mol. The van der Waals surface area contributed by atoms with E-state index < -0.39 is 5.60 Å². The van der Waals surface area contributed by atoms with Gasteiger partial charge in [0.05, 0.1) is 11.3 Å². The van der Waals surface area contributed by atoms with Crippen LogP contribution in [-0.2, 0) is 4.74 Å². The van der Waals surface area contributed by atoms with Crippen LogP contribution in [0.3, 0.4) is 0 Å². The minimum Gasteiger partial charge on any atom is -0.456 e. The van der Waals surface area contributed by atoms with Gasteiger partial charge in [-0.2, -0.15) is 0 Å². The lowest BCUT2D eigenvalue weighted by molar-refractivity contribution is 0.00707. The number of hydrogen-bond donors (Lipinski definition) is 1. The zero-order valence-electron chi connectivity index (χ0n) is 17.5. The highest BCUT2D eigenvalue weighted by Crippen LogP contribution is 2.28. The number of halogens is 1. The molecule has 1 N–H and O–H groups in total. The molecule has 0 amide bonds. The minimum absolute atomic E-state index is 0.299. The van der Waals surface area contributed by atoms with E-state index >= 15 is 0 Å². The van der Waals surface area contributed by atoms with Gasteiger partial charge >= 0.3 is 5.97 Å². The largest absolute Gasteiger partial charge is 0.456 e. The molecule has 4 heteroatoms. The Hall–Kier alpha value is -2.62. The number of carbonyl (C=O) groups is 1. The first-order valence-corrected chi connectivity index (χ1v) is 10.4. The van der Waals surface area contributed by atoms with Gasteiger partial charge in [-0.05, 0) is 81.5 Å². The second-order valence-corrected chi connectivity index (χ2v) is 8.70. The van der Waals surface area contributed by atoms with Gasteiger partial charge in [0.15, 0.2) is 0 Å². The van der Waals surface area contributed by atoms with Crippen LogP contribution in [0.2, 0.25) is 0 Å². The van der Waals surface area contributed by atoms with E-state index in [1.165, 1.54) is 44.2 Å². The van der Waals surface area contributed by atoms with Crippen molar-refractivity contribution >= 4 is 23.4 Å². The van der Waals surface area contributed by atoms with Gasteiger partial charge < -0.3 is 10.1 Å². The van der Waals surface area contributed by atoms with Gasteiger partial charge in [-0.3, -0.25) is 0 Å². The fraction of sp³-hybridized carbons (Fsp3) is 0.400. The number of nitrogens with one attached hydrogen (secondary N) is 1. The lowest BCUT2D eigenvalue weighted by atomic mass is 9.88. The number of ether oxygens (including phenoxy) is 1. The third-order valence-electron chi connectivity index (χ3n) is 5.00. The lowest BCUT2D eigenvalue weighted by Crippen LogP contribution is -2.24. The monoisotopic (exact) mass is 395 g/mol. The van der Waals surface area contributed by atoms with Crippen molar-refractivity contribution in [2.75, 3.05) is 5.32 Å². The Kier molecular flexibility index (Phi) is 6.73. The minimum atomic E-state index is -0.580. The van der Waals surface area contributed by atoms with Crippen molar-refractivity contribution in [2.24, 2.45) is 5.92 Å². The van der Waals surface area contributed by atoms with Crippen molar-refractivity contribution in [3.63, 3.8) is 0 Å². The summed E-state index contributed by atoms with van der Waals surface area (Å²) >= 11 is 0. The van der Waals surface area contributed by atoms with E-state index in [1.54, 1.807) is 18.2 Å². The first-order valence-electron chi connectivity index (χ1n) is 10.4. The molecule has 3 nitrogen and oxygen atoms in total. The second kappa shape index (κ2) is 9.25. The second-order valence-electron chi connectivity index (χ2n) is 8.70. The molecule has 0 bridgehead atoms. The van der Waals surface area contributed by atoms with Crippen LogP contribution in [0.5, 0.6) is 0 Å². The Morgan fingerprint density at radius 1 is 1.07 bits per heavy atom. The maximum absolute atomic E-state index is 13.2. The predicted molar refractivity (Wildman–Crippen MR) is 117 cm³/mol. The van der Waals surface area contributed by atoms with E-state index in [2.05, 4.69) is 17.5 Å². The molecule has 2 aromatic carbocycles. The van der Waals surface area contributed by atoms with Gasteiger partial charge in [-0.1, -0.05) is 37.5 Å². The van der Waals surface area contributed by atoms with Crippen molar-refractivity contribution in [2.45, 2.75) is 58.5 Å². The van der Waals surface area contributed by atoms with Crippen molar-refractivity contribution in [3.8, 4) is 0 Å². The zero-order chi connectivity index (χ0) is 20.9. The number of esters is 1. The highest BCUT2D eigenvalue weighted by Gasteiger charge is 2.21. The Balaban J connectivity index is 1.87. The first-order chi connectivity index (χ1) is 13.8. The van der Waals surface area contributed by atoms with E-state index in [-0.39, 0.29) is 11.8 Å². The average Bonchev–Trinajstić information content (AvgIpc) is 2.68. The van der Waals surface area contributed by atoms with Crippen LogP contribution < -0.4 is 5.32 Å². The quantitative estimate of drug-likeness (QED) is 0.548. The maximum Gasteiger partial charge on any atom is 0.340 e. The Morgan fingerprint density at radius 3 is 2.41 bits per heavy atom. The van der Waals surface area contributed by atoms with Gasteiger partial charge in [-0.25, -0.2) is 9.18 Å². The molecule has 0 aliphatic heterocycles. The third kappa shape index (κ3) is 6.45. The highest BCUT2D eigenvalue weighted by atomic mass is 19.1. The Bertz CT molecular complexity index is 859. The van der Waals surface area contributed by atoms with Gasteiger partial charge in [-0.15, -0.1) is 0 Å². The summed E-state index contributed by atoms with van der Waals surface area (Å²) in [4.78, 5) is 12.7. The fourth-order valence-corrected chi connectivity index (χ4v) is 3.54. The predicted octanol–water partition coefficient (Wildman–Crippen LogP) is 7.12. The maximum atomic E-state index is 13.2. The molecule has 1 aliphatic carbocycles. The standard InChI is InChI=1S/C25H30FNO2/c1-25(2,3)29-24(28)22-16-11-19(10-9-18-7-5-4-6-8-18)17-23(22)27-21-14-12-20(26)13-15-21/h9-18,27H,4-8H2,1-3H3/b10-9+. The van der Waals surface area contributed by atoms with Gasteiger partial charge in [0.2, 0.25) is 0 Å². The average molecular weight is 396 g/mol. The fourth-order valence-electron chi connectivity index (χ4n) is 3.54. The molecule has 0 saturated heterocycles. The molecule has 0 aromatic heterocycles. The molecule has 1 aliphatic rings. The van der Waals surface area contributed by atoms with E-state index in [4.69, 9.17) is 4.74 Å². The van der Waals surface area contributed by atoms with Crippen LogP contribution in [0, 0.1) is 11.7 Å². The zero-order valence-corrected chi connectivity index (χ0v) is 17.5. The molecule has 154 valence electrons. The number of benzene rings is 2. The molecule has 0 spiro atoms. The van der Waals surface area contributed by atoms with Crippen molar-refractivity contribution < 1.29 is 13.9 Å². The molecular formula is C25H30FNO2. The van der Waals surface area contributed by atoms with Crippen molar-refractivity contribution in [3.05, 3.63) is 65.5 Å². The summed E-state index contributed by atoms with van der Waals surface area (Å²) in [6, 6.07) is 11.8. The van der Waals surface area contributed by atoms with Crippen LogP contribution in [0.1, 0.15) is 68.8 Å². The molecule has 1 saturated carbocycles. The van der Waals surface area contributed by atoms with Crippen LogP contribution in [-0.4, -0.2) is 11.6 Å². The summed E-state index contributed by atoms with van der Waals surface area (Å²) in [7, 11) is 0. The number of hydrogen-bond acceptors (Lipinski definition) is 3. The molecule has 0 heterocycles. The first kappa shape index (κ1) is 21.1. The molecule has 1 fully saturated rings. The molecule has 29 heavy (non-hydrogen) atoms. The highest BCUT2D eigenvalue weighted by molar-refractivity contribution is 5.97. The molecule has 0 unspecified atom stereocenters. The summed E-state index contributed by atoms with van der Waals surface area (Å²) in [6.45, 7) is 5.54. The lowest BCUT2D eigenvalue weighted by Gasteiger charge is -2.21. The van der Waals surface area contributed by atoms with Crippen LogP contribution in [0.25, 0.3) is 6.08 Å². The Labute approximate surface area is 173 Å². The molecule has 0 radical (unpaired) electrons. The molecule has 3 rings (SSSR count). The van der Waals surface area contributed by atoms with Crippen LogP contribution in [0.15, 0.2) is 48.5 Å². The van der Waals surface area contributed by atoms with Crippen molar-refractivity contribution in [1.29, 1.82) is 0 Å². The normalized spacial score (nSPS) is 15.4. The summed E-state index contributed by atoms with van der Waals surface area (Å²) in [5, 5.41) is 3.24. The van der Waals surface area contributed by atoms with Crippen LogP contribution >= 0.6 is 0 Å². The summed E-state index contributed by atoms with van der Waals surface area (Å²) < 4.78 is 18.8. The summed E-state index contributed by atoms with van der Waals surface area (Å²) in [5.41, 5.74) is 2.26. The smallest absolute Gasteiger partial charge is 0.340 e. The van der Waals surface area contributed by atoms with Gasteiger partial charge in [0.1, 0.15) is 11.4 Å². The van der Waals surface area contributed by atoms with Gasteiger partial charge in [0.25, 0.3) is 0 Å². The third-order valence-corrected chi connectivity index (χ3v) is 5.00. The summed E-state index contributed by atoms with van der Waals surface area (Å²) in [6.07, 6.45) is 10.8. The topological polar surface area (TPSA) is 38.3 Å². The summed E-state index contributed by atoms with van der Waals surface area (Å²) in [5.74, 6) is -0.0557. The molecule has 0 atom stereocenters. The van der Waals surface area contributed by atoms with E-state index in [1.807, 2.05) is 32.9 Å². The Morgan fingerprint density at radius 2 is 1.76 bits per heavy atom. The van der Waals surface area contributed by atoms with Gasteiger partial charge in [0, 0.05) is 5.69 Å². The number of rotatable bonds is 5. The van der Waals surface area contributed by atoms with E-state index in [0.717, 1.165) is 5.56 Å². The van der Waals surface area contributed by atoms with E-state index in [9.17, 15) is 9.18 Å². The van der Waals surface area contributed by atoms with Crippen molar-refractivity contribution in [1.82, 2.24) is 0 Å². The van der Waals surface area contributed by atoms with Crippen LogP contribution in [0.4, 0.5) is 15.8 Å².